The summed E-state index contributed by atoms with van der Waals surface area (Å²) in [6, 6.07) is 25.9. The Balaban J connectivity index is 0.000000186. The Morgan fingerprint density at radius 2 is 1.17 bits per heavy atom. The van der Waals surface area contributed by atoms with Gasteiger partial charge in [-0.15, -0.1) is 0 Å². The summed E-state index contributed by atoms with van der Waals surface area (Å²) in [6.45, 7) is 8.64. The Morgan fingerprint density at radius 3 is 1.70 bits per heavy atom. The van der Waals surface area contributed by atoms with E-state index in [4.69, 9.17) is 15.5 Å². The normalized spacial score (nSPS) is 13.7. The number of nitrogens with zero attached hydrogens (tertiary/aromatic N) is 2. The number of fused-ring (bicyclic) bond motifs is 2. The van der Waals surface area contributed by atoms with Gasteiger partial charge in [-0.25, -0.2) is 0 Å². The van der Waals surface area contributed by atoms with Crippen molar-refractivity contribution in [2.75, 3.05) is 14.1 Å². The fourth-order valence-electron chi connectivity index (χ4n) is 6.65. The molecule has 0 atom stereocenters. The second-order valence-corrected chi connectivity index (χ2v) is 12.7. The Hall–Kier alpha value is -4.04. The highest BCUT2D eigenvalue weighted by Crippen LogP contribution is 2.26. The number of para-hydroxylation sites is 2. The molecular formula is C41H44B4N2+2. The average molecular weight is 608 g/mol. The molecule has 2 aliphatic rings. The van der Waals surface area contributed by atoms with E-state index < -0.39 is 0 Å². The van der Waals surface area contributed by atoms with Gasteiger partial charge in [-0.3, -0.25) is 0 Å². The number of rotatable bonds is 9. The molecule has 6 heteroatoms. The molecule has 0 saturated carbocycles. The first-order valence-corrected chi connectivity index (χ1v) is 16.8. The van der Waals surface area contributed by atoms with Crippen molar-refractivity contribution in [1.82, 2.24) is 0 Å². The molecular weight excluding hydrogens is 564 g/mol. The average Bonchev–Trinajstić information content (AvgIpc) is 3.59. The minimum Gasteiger partial charge on any atom is -0.198 e. The van der Waals surface area contributed by atoms with Gasteiger partial charge < -0.3 is 0 Å². The maximum Gasteiger partial charge on any atom is 0.208 e. The summed E-state index contributed by atoms with van der Waals surface area (Å²) >= 11 is 0. The number of aryl methyl sites for hydroxylation is 2. The van der Waals surface area contributed by atoms with Crippen molar-refractivity contribution in [1.29, 1.82) is 0 Å². The highest BCUT2D eigenvalue weighted by Gasteiger charge is 2.25. The van der Waals surface area contributed by atoms with Gasteiger partial charge in [0.2, 0.25) is 11.4 Å². The second-order valence-electron chi connectivity index (χ2n) is 12.7. The quantitative estimate of drug-likeness (QED) is 0.153. The molecule has 0 unspecified atom stereocenters. The first kappa shape index (κ1) is 34.3. The van der Waals surface area contributed by atoms with Gasteiger partial charge in [-0.2, -0.15) is 9.15 Å². The zero-order valence-electron chi connectivity index (χ0n) is 29.0. The summed E-state index contributed by atoms with van der Waals surface area (Å²) in [6.07, 6.45) is 14.3. The van der Waals surface area contributed by atoms with E-state index in [-0.39, 0.29) is 0 Å². The van der Waals surface area contributed by atoms with Crippen LogP contribution < -0.4 is 10.9 Å². The van der Waals surface area contributed by atoms with Crippen molar-refractivity contribution in [2.45, 2.75) is 59.8 Å². The largest absolute Gasteiger partial charge is 0.208 e. The Kier molecular flexibility index (Phi) is 11.5. The monoisotopic (exact) mass is 608 g/mol. The first-order chi connectivity index (χ1) is 22.8. The summed E-state index contributed by atoms with van der Waals surface area (Å²) < 4.78 is 4.55. The summed E-state index contributed by atoms with van der Waals surface area (Å²) in [5.74, 6) is 0. The van der Waals surface area contributed by atoms with E-state index in [0.717, 1.165) is 24.7 Å². The lowest BCUT2D eigenvalue weighted by atomic mass is 9.49. The van der Waals surface area contributed by atoms with Crippen LogP contribution in [0.1, 0.15) is 64.3 Å². The molecule has 0 amide bonds. The molecule has 6 rings (SSSR count). The van der Waals surface area contributed by atoms with Gasteiger partial charge in [0.15, 0.2) is 11.4 Å². The third-order valence-electron chi connectivity index (χ3n) is 9.82. The standard InChI is InChI=1S/C22H25B2N.C19H19B2N/c1-4-5-8-18-12-11-17(16(2)22(18)24-23)13-14-20-15-19-9-6-7-10-21(19)25(20)3;1-13-8-9-15(19(21-20)14(13)2)10-11-17-12-16-6-4-5-7-18(16)22(17)3/h6-7,9-14H,4-5,8,15H2,1-3H3;4-11H,12H2,1-3H3/q2*+1/b14-13+;11-10+. The second kappa shape index (κ2) is 15.7. The van der Waals surface area contributed by atoms with Crippen LogP contribution in [0.2, 0.25) is 0 Å². The zero-order valence-corrected chi connectivity index (χ0v) is 29.0. The molecule has 47 heavy (non-hydrogen) atoms. The van der Waals surface area contributed by atoms with Gasteiger partial charge in [0, 0.05) is 50.9 Å². The van der Waals surface area contributed by atoms with Crippen molar-refractivity contribution in [3.8, 4) is 0 Å². The molecule has 2 aliphatic heterocycles. The molecule has 0 fully saturated rings. The van der Waals surface area contributed by atoms with Crippen LogP contribution in [0.5, 0.6) is 0 Å². The Labute approximate surface area is 287 Å². The lowest BCUT2D eigenvalue weighted by Gasteiger charge is -2.14. The number of hydrogen-bond donors (Lipinski definition) is 0. The smallest absolute Gasteiger partial charge is 0.198 e. The molecule has 2 nitrogen and oxygen atoms in total. The molecule has 0 saturated heterocycles. The van der Waals surface area contributed by atoms with E-state index in [2.05, 4.69) is 148 Å². The van der Waals surface area contributed by atoms with Gasteiger partial charge >= 0.3 is 0 Å². The van der Waals surface area contributed by atoms with Gasteiger partial charge in [0.1, 0.15) is 14.1 Å². The van der Waals surface area contributed by atoms with Gasteiger partial charge in [-0.1, -0.05) is 102 Å². The highest BCUT2D eigenvalue weighted by molar-refractivity contribution is 6.98. The van der Waals surface area contributed by atoms with E-state index in [0.29, 0.717) is 0 Å². The van der Waals surface area contributed by atoms with E-state index in [1.165, 1.54) is 85.6 Å². The van der Waals surface area contributed by atoms with E-state index >= 15 is 0 Å². The van der Waals surface area contributed by atoms with Crippen molar-refractivity contribution >= 4 is 75.7 Å². The van der Waals surface area contributed by atoms with Crippen LogP contribution in [0.3, 0.4) is 0 Å². The van der Waals surface area contributed by atoms with Gasteiger partial charge in [0.05, 0.1) is 27.2 Å². The molecule has 0 aromatic heterocycles. The highest BCUT2D eigenvalue weighted by atomic mass is 15.0. The van der Waals surface area contributed by atoms with Crippen LogP contribution in [-0.4, -0.2) is 64.5 Å². The van der Waals surface area contributed by atoms with Gasteiger partial charge in [-0.05, 0) is 62.5 Å². The number of hydrogen-bond acceptors (Lipinski definition) is 0. The lowest BCUT2D eigenvalue weighted by molar-refractivity contribution is -0.400. The van der Waals surface area contributed by atoms with Crippen LogP contribution in [0.25, 0.3) is 12.2 Å². The van der Waals surface area contributed by atoms with Crippen molar-refractivity contribution in [3.63, 3.8) is 0 Å². The summed E-state index contributed by atoms with van der Waals surface area (Å²) in [4.78, 5) is 0. The summed E-state index contributed by atoms with van der Waals surface area (Å²) in [7, 11) is 19.5. The lowest BCUT2D eigenvalue weighted by Crippen LogP contribution is -2.24. The fraction of sp³-hybridized carbons (Fsp3) is 0.268. The molecule has 2 heterocycles. The van der Waals surface area contributed by atoms with Crippen LogP contribution in [0.4, 0.5) is 11.4 Å². The maximum atomic E-state index is 5.93. The van der Waals surface area contributed by atoms with E-state index in [9.17, 15) is 0 Å². The van der Waals surface area contributed by atoms with Crippen LogP contribution in [-0.2, 0) is 19.3 Å². The van der Waals surface area contributed by atoms with Gasteiger partial charge in [0.25, 0.3) is 0 Å². The minimum absolute atomic E-state index is 0.982. The van der Waals surface area contributed by atoms with Crippen LogP contribution >= 0.6 is 0 Å². The van der Waals surface area contributed by atoms with E-state index in [1.54, 1.807) is 14.3 Å². The summed E-state index contributed by atoms with van der Waals surface area (Å²) in [5.41, 5.74) is 17.9. The zero-order chi connectivity index (χ0) is 33.5. The number of unbranched alkanes of at least 4 members (excludes halogenated alkanes) is 1. The fourth-order valence-corrected chi connectivity index (χ4v) is 6.65. The van der Waals surface area contributed by atoms with Crippen LogP contribution in [0.15, 0.2) is 84.9 Å². The van der Waals surface area contributed by atoms with Crippen LogP contribution in [0, 0.1) is 20.8 Å². The minimum atomic E-state index is 0.982. The SMILES string of the molecule is [B][B]c1c(/C=C/C2=[N+](C)c3ccccc3C2)ccc(C)c1C.[B][B]c1c(CCCC)ccc(/C=C/C2=[N+](C)c3ccccc3C2)c1C. The van der Waals surface area contributed by atoms with Crippen molar-refractivity contribution in [2.24, 2.45) is 0 Å². The first-order valence-electron chi connectivity index (χ1n) is 16.8. The third-order valence-corrected chi connectivity index (χ3v) is 9.82. The van der Waals surface area contributed by atoms with Crippen molar-refractivity contribution < 1.29 is 9.15 Å². The topological polar surface area (TPSA) is 6.02 Å². The Bertz CT molecular complexity index is 1900. The van der Waals surface area contributed by atoms with Crippen molar-refractivity contribution in [3.05, 3.63) is 129 Å². The molecule has 228 valence electrons. The third kappa shape index (κ3) is 7.59. The molecule has 0 aliphatic carbocycles. The number of allylic oxidation sites excluding steroid dienone is 2. The number of benzene rings is 4. The van der Waals surface area contributed by atoms with E-state index in [1.807, 2.05) is 0 Å². The molecule has 0 bridgehead atoms. The predicted molar refractivity (Wildman–Crippen MR) is 208 cm³/mol. The molecule has 0 N–H and O–H groups in total. The summed E-state index contributed by atoms with van der Waals surface area (Å²) in [5, 5.41) is 0. The maximum absolute atomic E-state index is 5.93. The predicted octanol–water partition coefficient (Wildman–Crippen LogP) is 6.44. The molecule has 4 aromatic rings. The molecule has 6 radical (unpaired) electrons. The molecule has 0 spiro atoms. The molecule has 4 aromatic carbocycles. The Morgan fingerprint density at radius 1 is 0.638 bits per heavy atom.